The number of fused-ring (bicyclic) bond motifs is 1. The molecular formula is C18H12F6N2O4S. The van der Waals surface area contributed by atoms with Crippen molar-refractivity contribution in [3.63, 3.8) is 0 Å². The van der Waals surface area contributed by atoms with Gasteiger partial charge in [0.2, 0.25) is 5.91 Å². The summed E-state index contributed by atoms with van der Waals surface area (Å²) in [6, 6.07) is 3.75. The van der Waals surface area contributed by atoms with Gasteiger partial charge < -0.3 is 5.32 Å². The molecule has 31 heavy (non-hydrogen) atoms. The molecule has 0 spiro atoms. The zero-order chi connectivity index (χ0) is 23.4. The molecule has 1 aliphatic rings. The van der Waals surface area contributed by atoms with Crippen molar-refractivity contribution in [3.8, 4) is 0 Å². The highest BCUT2D eigenvalue weighted by Gasteiger charge is 2.46. The van der Waals surface area contributed by atoms with Crippen LogP contribution in [0.5, 0.6) is 0 Å². The van der Waals surface area contributed by atoms with Crippen LogP contribution in [0.4, 0.5) is 32.0 Å². The molecule has 2 amide bonds. The summed E-state index contributed by atoms with van der Waals surface area (Å²) >= 11 is 0. The second-order valence-electron chi connectivity index (χ2n) is 6.56. The highest BCUT2D eigenvalue weighted by molar-refractivity contribution is 7.90. The number of halogens is 6. The van der Waals surface area contributed by atoms with E-state index in [4.69, 9.17) is 0 Å². The summed E-state index contributed by atoms with van der Waals surface area (Å²) in [5.41, 5.74) is -4.40. The van der Waals surface area contributed by atoms with E-state index in [0.717, 1.165) is 13.0 Å². The first-order valence-electron chi connectivity index (χ1n) is 8.42. The number of benzene rings is 2. The number of nitrogens with zero attached hydrogens (tertiary/aromatic N) is 1. The van der Waals surface area contributed by atoms with E-state index in [2.05, 4.69) is 0 Å². The number of anilines is 1. The minimum atomic E-state index is -5.14. The van der Waals surface area contributed by atoms with Crippen molar-refractivity contribution in [2.24, 2.45) is 0 Å². The predicted octanol–water partition coefficient (Wildman–Crippen LogP) is 3.90. The topological polar surface area (TPSA) is 83.6 Å². The van der Waals surface area contributed by atoms with Crippen LogP contribution in [0.1, 0.15) is 28.4 Å². The zero-order valence-electron chi connectivity index (χ0n) is 15.4. The molecule has 6 nitrogen and oxygen atoms in total. The third kappa shape index (κ3) is 4.09. The third-order valence-electron chi connectivity index (χ3n) is 4.44. The summed E-state index contributed by atoms with van der Waals surface area (Å²) in [5, 5.41) is 1.83. The van der Waals surface area contributed by atoms with E-state index >= 15 is 0 Å². The molecule has 0 saturated carbocycles. The van der Waals surface area contributed by atoms with Crippen LogP contribution in [-0.2, 0) is 27.2 Å². The molecule has 0 bridgehead atoms. The molecule has 1 heterocycles. The van der Waals surface area contributed by atoms with E-state index in [1.165, 1.54) is 18.2 Å². The Kier molecular flexibility index (Phi) is 5.29. The van der Waals surface area contributed by atoms with Gasteiger partial charge in [-0.3, -0.25) is 9.59 Å². The molecule has 2 aromatic carbocycles. The fourth-order valence-electron chi connectivity index (χ4n) is 2.97. The van der Waals surface area contributed by atoms with Gasteiger partial charge in [0.05, 0.1) is 16.7 Å². The Hall–Kier alpha value is -3.09. The average molecular weight is 466 g/mol. The van der Waals surface area contributed by atoms with Crippen molar-refractivity contribution in [2.45, 2.75) is 30.2 Å². The Labute approximate surface area is 171 Å². The predicted molar refractivity (Wildman–Crippen MR) is 94.3 cm³/mol. The molecule has 0 aliphatic carbocycles. The second-order valence-corrected chi connectivity index (χ2v) is 8.35. The summed E-state index contributed by atoms with van der Waals surface area (Å²) in [6.45, 7) is 0.981. The number of hydrogen-bond donors (Lipinski definition) is 1. The van der Waals surface area contributed by atoms with Crippen LogP contribution in [-0.4, -0.2) is 30.6 Å². The molecule has 0 aromatic heterocycles. The Morgan fingerprint density at radius 1 is 0.968 bits per heavy atom. The minimum Gasteiger partial charge on any atom is -0.324 e. The minimum absolute atomic E-state index is 0.121. The van der Waals surface area contributed by atoms with Gasteiger partial charge in [0.25, 0.3) is 15.9 Å². The van der Waals surface area contributed by atoms with E-state index in [-0.39, 0.29) is 33.0 Å². The van der Waals surface area contributed by atoms with Crippen LogP contribution in [0.15, 0.2) is 47.4 Å². The van der Waals surface area contributed by atoms with Gasteiger partial charge in [-0.05, 0) is 37.3 Å². The third-order valence-corrected chi connectivity index (χ3v) is 6.35. The van der Waals surface area contributed by atoms with Crippen molar-refractivity contribution >= 4 is 27.5 Å². The molecule has 1 unspecified atom stereocenters. The van der Waals surface area contributed by atoms with Crippen molar-refractivity contribution in [3.05, 3.63) is 59.2 Å². The molecule has 0 fully saturated rings. The van der Waals surface area contributed by atoms with Crippen LogP contribution < -0.4 is 5.32 Å². The van der Waals surface area contributed by atoms with Gasteiger partial charge >= 0.3 is 12.4 Å². The summed E-state index contributed by atoms with van der Waals surface area (Å²) in [4.78, 5) is 24.6. The van der Waals surface area contributed by atoms with Crippen molar-refractivity contribution in [1.82, 2.24) is 4.31 Å². The molecular weight excluding hydrogens is 454 g/mol. The fourth-order valence-corrected chi connectivity index (χ4v) is 4.69. The maximum absolute atomic E-state index is 13.0. The molecule has 1 N–H and O–H groups in total. The van der Waals surface area contributed by atoms with E-state index in [1.54, 1.807) is 0 Å². The molecule has 1 atom stereocenters. The molecule has 1 aliphatic heterocycles. The largest absolute Gasteiger partial charge is 0.416 e. The second kappa shape index (κ2) is 7.25. The highest BCUT2D eigenvalue weighted by atomic mass is 32.2. The van der Waals surface area contributed by atoms with Gasteiger partial charge in [-0.2, -0.15) is 26.3 Å². The fraction of sp³-hybridized carbons (Fsp3) is 0.222. The number of amides is 2. The van der Waals surface area contributed by atoms with E-state index in [0.29, 0.717) is 0 Å². The first-order valence-corrected chi connectivity index (χ1v) is 9.86. The van der Waals surface area contributed by atoms with Gasteiger partial charge in [0, 0.05) is 5.69 Å². The molecule has 2 aromatic rings. The van der Waals surface area contributed by atoms with E-state index < -0.39 is 57.0 Å². The lowest BCUT2D eigenvalue weighted by Crippen LogP contribution is -2.45. The zero-order valence-corrected chi connectivity index (χ0v) is 16.2. The highest BCUT2D eigenvalue weighted by Crippen LogP contribution is 2.38. The SMILES string of the molecule is CC(C(=O)Nc1cc(C(F)(F)F)cc(C(F)(F)F)c1)N1C(=O)c2ccccc2S1(=O)=O. The number of sulfonamides is 1. The lowest BCUT2D eigenvalue weighted by molar-refractivity contribution is -0.143. The summed E-state index contributed by atoms with van der Waals surface area (Å²) in [7, 11) is -4.43. The van der Waals surface area contributed by atoms with Gasteiger partial charge in [-0.25, -0.2) is 12.7 Å². The van der Waals surface area contributed by atoms with E-state index in [9.17, 15) is 44.3 Å². The molecule has 166 valence electrons. The lowest BCUT2D eigenvalue weighted by Gasteiger charge is -2.23. The normalized spacial score (nSPS) is 16.7. The Bertz CT molecular complexity index is 1140. The van der Waals surface area contributed by atoms with Gasteiger partial charge in [-0.1, -0.05) is 12.1 Å². The summed E-state index contributed by atoms with van der Waals surface area (Å²) in [5.74, 6) is -2.34. The number of alkyl halides is 6. The lowest BCUT2D eigenvalue weighted by atomic mass is 10.1. The van der Waals surface area contributed by atoms with Crippen LogP contribution >= 0.6 is 0 Å². The number of hydrogen-bond acceptors (Lipinski definition) is 4. The van der Waals surface area contributed by atoms with Crippen LogP contribution in [0, 0.1) is 0 Å². The quantitative estimate of drug-likeness (QED) is 0.696. The summed E-state index contributed by atoms with van der Waals surface area (Å²) in [6.07, 6.45) is -10.3. The Balaban J connectivity index is 1.94. The van der Waals surface area contributed by atoms with Gasteiger partial charge in [0.15, 0.2) is 0 Å². The number of rotatable bonds is 3. The van der Waals surface area contributed by atoms with Gasteiger partial charge in [0.1, 0.15) is 10.9 Å². The van der Waals surface area contributed by atoms with E-state index in [1.807, 2.05) is 5.32 Å². The molecule has 13 heteroatoms. The van der Waals surface area contributed by atoms with Crippen molar-refractivity contribution in [1.29, 1.82) is 0 Å². The standard InChI is InChI=1S/C18H12F6N2O4S/c1-9(26-16(28)13-4-2-3-5-14(13)31(26,29)30)15(27)25-12-7-10(17(19,20)21)6-11(8-12)18(22,23)24/h2-9H,1H3,(H,25,27). The Morgan fingerprint density at radius 3 is 1.97 bits per heavy atom. The van der Waals surface area contributed by atoms with Crippen LogP contribution in [0.25, 0.3) is 0 Å². The van der Waals surface area contributed by atoms with Crippen LogP contribution in [0.3, 0.4) is 0 Å². The average Bonchev–Trinajstić information content (AvgIpc) is 2.85. The molecule has 3 rings (SSSR count). The smallest absolute Gasteiger partial charge is 0.324 e. The first kappa shape index (κ1) is 22.6. The number of carbonyl (C=O) groups excluding carboxylic acids is 2. The number of carbonyl (C=O) groups is 2. The monoisotopic (exact) mass is 466 g/mol. The van der Waals surface area contributed by atoms with Crippen molar-refractivity contribution in [2.75, 3.05) is 5.32 Å². The summed E-state index contributed by atoms with van der Waals surface area (Å²) < 4.78 is 103. The molecule has 0 saturated heterocycles. The first-order chi connectivity index (χ1) is 14.1. The Morgan fingerprint density at radius 2 is 1.48 bits per heavy atom. The van der Waals surface area contributed by atoms with Crippen molar-refractivity contribution < 1.29 is 44.3 Å². The van der Waals surface area contributed by atoms with Gasteiger partial charge in [-0.15, -0.1) is 0 Å². The maximum atomic E-state index is 13.0. The molecule has 0 radical (unpaired) electrons. The van der Waals surface area contributed by atoms with Crippen LogP contribution in [0.2, 0.25) is 0 Å². The maximum Gasteiger partial charge on any atom is 0.416 e. The number of nitrogens with one attached hydrogen (secondary N) is 1.